The van der Waals surface area contributed by atoms with E-state index in [1.807, 2.05) is 7.05 Å². The van der Waals surface area contributed by atoms with E-state index in [1.165, 1.54) is 19.3 Å². The van der Waals surface area contributed by atoms with Gasteiger partial charge in [-0.05, 0) is 30.6 Å². The van der Waals surface area contributed by atoms with Gasteiger partial charge in [-0.2, -0.15) is 0 Å². The first-order valence-corrected chi connectivity index (χ1v) is 6.56. The lowest BCUT2D eigenvalue weighted by Gasteiger charge is -2.25. The first-order chi connectivity index (χ1) is 7.58. The minimum atomic E-state index is 0.493. The largest absolute Gasteiger partial charge is 0.353 e. The Hall–Kier alpha value is -0.730. The van der Waals surface area contributed by atoms with Crippen LogP contribution in [-0.4, -0.2) is 37.0 Å². The predicted molar refractivity (Wildman–Crippen MR) is 68.7 cm³/mol. The molecule has 2 aliphatic rings. The predicted octanol–water partition coefficient (Wildman–Crippen LogP) is 2.09. The van der Waals surface area contributed by atoms with E-state index in [2.05, 4.69) is 36.0 Å². The zero-order chi connectivity index (χ0) is 11.8. The van der Waals surface area contributed by atoms with Crippen molar-refractivity contribution in [1.29, 1.82) is 0 Å². The van der Waals surface area contributed by atoms with E-state index in [4.69, 9.17) is 0 Å². The Morgan fingerprint density at radius 1 is 1.56 bits per heavy atom. The van der Waals surface area contributed by atoms with Gasteiger partial charge in [-0.25, -0.2) is 0 Å². The number of nitrogens with zero attached hydrogens (tertiary/aromatic N) is 2. The van der Waals surface area contributed by atoms with Crippen LogP contribution in [0.3, 0.4) is 0 Å². The molecule has 3 atom stereocenters. The quantitative estimate of drug-likeness (QED) is 0.573. The van der Waals surface area contributed by atoms with Crippen LogP contribution in [0.4, 0.5) is 0 Å². The molecule has 2 rings (SSSR count). The van der Waals surface area contributed by atoms with E-state index in [1.54, 1.807) is 0 Å². The van der Waals surface area contributed by atoms with Crippen molar-refractivity contribution in [2.45, 2.75) is 46.1 Å². The summed E-state index contributed by atoms with van der Waals surface area (Å²) in [5.41, 5.74) is 0.493. The van der Waals surface area contributed by atoms with E-state index < -0.39 is 0 Å². The maximum Gasteiger partial charge on any atom is 0.193 e. The fourth-order valence-electron chi connectivity index (χ4n) is 2.48. The number of likely N-dealkylation sites (tertiary alicyclic amines) is 1. The molecule has 3 heteroatoms. The van der Waals surface area contributed by atoms with Gasteiger partial charge in [0.05, 0.1) is 0 Å². The molecule has 1 saturated heterocycles. The summed E-state index contributed by atoms with van der Waals surface area (Å²) < 4.78 is 0. The van der Waals surface area contributed by atoms with E-state index in [9.17, 15) is 0 Å². The molecule has 92 valence electrons. The number of guanidine groups is 1. The summed E-state index contributed by atoms with van der Waals surface area (Å²) >= 11 is 0. The third-order valence-electron chi connectivity index (χ3n) is 4.35. The molecule has 0 radical (unpaired) electrons. The maximum atomic E-state index is 4.42. The number of nitrogens with one attached hydrogen (secondary N) is 1. The second-order valence-corrected chi connectivity index (χ2v) is 5.85. The summed E-state index contributed by atoms with van der Waals surface area (Å²) in [6.45, 7) is 9.29. The molecule has 0 bridgehead atoms. The minimum Gasteiger partial charge on any atom is -0.353 e. The van der Waals surface area contributed by atoms with Crippen molar-refractivity contribution >= 4 is 5.96 Å². The number of aliphatic imine (C=N–C) groups is 1. The van der Waals surface area contributed by atoms with Crippen LogP contribution < -0.4 is 5.32 Å². The van der Waals surface area contributed by atoms with Gasteiger partial charge >= 0.3 is 0 Å². The Bertz CT molecular complexity index is 287. The third-order valence-corrected chi connectivity index (χ3v) is 4.35. The highest BCUT2D eigenvalue weighted by Gasteiger charge is 2.37. The molecule has 0 spiro atoms. The highest BCUT2D eigenvalue weighted by molar-refractivity contribution is 5.80. The Morgan fingerprint density at radius 2 is 2.25 bits per heavy atom. The van der Waals surface area contributed by atoms with Crippen molar-refractivity contribution in [2.24, 2.45) is 16.3 Å². The van der Waals surface area contributed by atoms with Crippen LogP contribution in [0.15, 0.2) is 4.99 Å². The first-order valence-electron chi connectivity index (χ1n) is 6.56. The number of hydrogen-bond acceptors (Lipinski definition) is 1. The Morgan fingerprint density at radius 3 is 2.69 bits per heavy atom. The average molecular weight is 223 g/mol. The van der Waals surface area contributed by atoms with E-state index in [0.717, 1.165) is 25.0 Å². The first kappa shape index (κ1) is 11.7. The lowest BCUT2D eigenvalue weighted by Crippen LogP contribution is -2.42. The summed E-state index contributed by atoms with van der Waals surface area (Å²) in [6.07, 6.45) is 3.86. The lowest BCUT2D eigenvalue weighted by atomic mass is 9.87. The summed E-state index contributed by atoms with van der Waals surface area (Å²) in [5.74, 6) is 1.95. The molecular weight excluding hydrogens is 198 g/mol. The van der Waals surface area contributed by atoms with Gasteiger partial charge in [0, 0.05) is 26.2 Å². The molecule has 16 heavy (non-hydrogen) atoms. The van der Waals surface area contributed by atoms with Crippen LogP contribution in [0.5, 0.6) is 0 Å². The zero-order valence-corrected chi connectivity index (χ0v) is 11.1. The van der Waals surface area contributed by atoms with Crippen LogP contribution in [0.1, 0.15) is 40.0 Å². The van der Waals surface area contributed by atoms with Gasteiger partial charge in [0.25, 0.3) is 0 Å². The second kappa shape index (κ2) is 4.27. The Kier molecular flexibility index (Phi) is 3.13. The van der Waals surface area contributed by atoms with Gasteiger partial charge in [-0.3, -0.25) is 4.99 Å². The molecule has 1 heterocycles. The molecule has 1 saturated carbocycles. The summed E-state index contributed by atoms with van der Waals surface area (Å²) in [7, 11) is 1.90. The standard InChI is InChI=1S/C13H25N3/c1-5-13(3)6-7-16(9-13)12(14-4)15-11-8-10(11)2/h10-11H,5-9H2,1-4H3,(H,14,15). The molecule has 0 aromatic carbocycles. The minimum absolute atomic E-state index is 0.493. The summed E-state index contributed by atoms with van der Waals surface area (Å²) in [4.78, 5) is 6.84. The Balaban J connectivity index is 1.91. The van der Waals surface area contributed by atoms with Crippen LogP contribution in [0.25, 0.3) is 0 Å². The summed E-state index contributed by atoms with van der Waals surface area (Å²) in [5, 5.41) is 3.57. The van der Waals surface area contributed by atoms with Gasteiger partial charge in [0.1, 0.15) is 0 Å². The molecule has 3 unspecified atom stereocenters. The smallest absolute Gasteiger partial charge is 0.193 e. The van der Waals surface area contributed by atoms with Crippen LogP contribution >= 0.6 is 0 Å². The van der Waals surface area contributed by atoms with Crippen LogP contribution in [0.2, 0.25) is 0 Å². The molecule has 0 aromatic rings. The van der Waals surface area contributed by atoms with E-state index in [0.29, 0.717) is 11.5 Å². The van der Waals surface area contributed by atoms with E-state index >= 15 is 0 Å². The molecule has 3 nitrogen and oxygen atoms in total. The molecular formula is C13H25N3. The normalized spacial score (nSPS) is 39.0. The van der Waals surface area contributed by atoms with Crippen molar-refractivity contribution in [3.05, 3.63) is 0 Å². The SMILES string of the molecule is CCC1(C)CCN(C(=NC)NC2CC2C)C1. The number of hydrogen-bond donors (Lipinski definition) is 1. The molecule has 2 fully saturated rings. The fourth-order valence-corrected chi connectivity index (χ4v) is 2.48. The van der Waals surface area contributed by atoms with Gasteiger partial charge < -0.3 is 10.2 Å². The van der Waals surface area contributed by atoms with Gasteiger partial charge in [0.2, 0.25) is 0 Å². The maximum absolute atomic E-state index is 4.42. The molecule has 1 aliphatic heterocycles. The van der Waals surface area contributed by atoms with Gasteiger partial charge in [-0.1, -0.05) is 20.8 Å². The fraction of sp³-hybridized carbons (Fsp3) is 0.923. The van der Waals surface area contributed by atoms with Crippen molar-refractivity contribution < 1.29 is 0 Å². The zero-order valence-electron chi connectivity index (χ0n) is 11.1. The van der Waals surface area contributed by atoms with Crippen molar-refractivity contribution in [3.8, 4) is 0 Å². The monoisotopic (exact) mass is 223 g/mol. The Labute approximate surface area is 99.3 Å². The van der Waals surface area contributed by atoms with Crippen LogP contribution in [0, 0.1) is 11.3 Å². The van der Waals surface area contributed by atoms with Crippen molar-refractivity contribution in [2.75, 3.05) is 20.1 Å². The average Bonchev–Trinajstić information content (AvgIpc) is 2.81. The van der Waals surface area contributed by atoms with E-state index in [-0.39, 0.29) is 0 Å². The highest BCUT2D eigenvalue weighted by Crippen LogP contribution is 2.34. The molecule has 1 aliphatic carbocycles. The highest BCUT2D eigenvalue weighted by atomic mass is 15.3. The molecule has 1 N–H and O–H groups in total. The molecule has 0 amide bonds. The van der Waals surface area contributed by atoms with Crippen LogP contribution in [-0.2, 0) is 0 Å². The topological polar surface area (TPSA) is 27.6 Å². The van der Waals surface area contributed by atoms with Gasteiger partial charge in [-0.15, -0.1) is 0 Å². The summed E-state index contributed by atoms with van der Waals surface area (Å²) in [6, 6.07) is 0.673. The van der Waals surface area contributed by atoms with Gasteiger partial charge in [0.15, 0.2) is 5.96 Å². The molecule has 0 aromatic heterocycles. The number of rotatable bonds is 2. The van der Waals surface area contributed by atoms with Crippen molar-refractivity contribution in [3.63, 3.8) is 0 Å². The lowest BCUT2D eigenvalue weighted by molar-refractivity contribution is 0.322. The second-order valence-electron chi connectivity index (χ2n) is 5.85. The van der Waals surface area contributed by atoms with Crippen molar-refractivity contribution in [1.82, 2.24) is 10.2 Å². The third kappa shape index (κ3) is 2.33.